The van der Waals surface area contributed by atoms with Crippen LogP contribution in [-0.2, 0) is 28.7 Å². The first-order chi connectivity index (χ1) is 16.3. The molecule has 1 aromatic carbocycles. The molecule has 184 valence electrons. The van der Waals surface area contributed by atoms with Crippen LogP contribution in [0.25, 0.3) is 10.9 Å². The minimum absolute atomic E-state index is 0.00917. The summed E-state index contributed by atoms with van der Waals surface area (Å²) in [7, 11) is 0. The zero-order valence-corrected chi connectivity index (χ0v) is 19.4. The van der Waals surface area contributed by atoms with Crippen LogP contribution in [0.3, 0.4) is 0 Å². The van der Waals surface area contributed by atoms with Crippen molar-refractivity contribution in [2.45, 2.75) is 45.7 Å². The molecule has 0 aliphatic carbocycles. The van der Waals surface area contributed by atoms with Crippen LogP contribution in [0, 0.1) is 0 Å². The molecule has 2 aromatic rings. The summed E-state index contributed by atoms with van der Waals surface area (Å²) in [6, 6.07) is 5.18. The van der Waals surface area contributed by atoms with Crippen molar-refractivity contribution in [2.75, 3.05) is 19.8 Å². The summed E-state index contributed by atoms with van der Waals surface area (Å²) in [5.74, 6) is -2.86. The standard InChI is InChI=1S/C23H30N4O7/c1-4-33-20(29)11-10-18(23(32)34-5-2)27-21(30)14(3)26-19(28)13-25-22(31)16-12-24-17-9-7-6-8-15(16)17/h6-9,12,14,18,24H,4-5,10-11,13H2,1-3H3,(H,25,31)(H,26,28)(H,27,30)/t14-,18+/m0/s1. The van der Waals surface area contributed by atoms with E-state index < -0.39 is 41.7 Å². The van der Waals surface area contributed by atoms with E-state index in [0.29, 0.717) is 5.56 Å². The van der Waals surface area contributed by atoms with E-state index >= 15 is 0 Å². The summed E-state index contributed by atoms with van der Waals surface area (Å²) in [6.07, 6.45) is 1.46. The van der Waals surface area contributed by atoms with Crippen LogP contribution in [-0.4, -0.2) is 66.5 Å². The largest absolute Gasteiger partial charge is 0.466 e. The third kappa shape index (κ3) is 7.61. The molecule has 11 heteroatoms. The number of aromatic nitrogens is 1. The predicted octanol–water partition coefficient (Wildman–Crippen LogP) is 0.794. The first-order valence-corrected chi connectivity index (χ1v) is 11.0. The molecule has 0 spiro atoms. The van der Waals surface area contributed by atoms with Gasteiger partial charge in [0.25, 0.3) is 5.91 Å². The second-order valence-electron chi connectivity index (χ2n) is 7.38. The normalized spacial score (nSPS) is 12.3. The van der Waals surface area contributed by atoms with Crippen molar-refractivity contribution in [1.29, 1.82) is 0 Å². The van der Waals surface area contributed by atoms with Crippen molar-refractivity contribution in [2.24, 2.45) is 0 Å². The Hall–Kier alpha value is -3.89. The van der Waals surface area contributed by atoms with Gasteiger partial charge in [0.1, 0.15) is 12.1 Å². The number of rotatable bonds is 12. The van der Waals surface area contributed by atoms with Gasteiger partial charge in [-0.15, -0.1) is 0 Å². The molecule has 3 amide bonds. The topological polar surface area (TPSA) is 156 Å². The Balaban J connectivity index is 1.86. The number of esters is 2. The molecule has 2 rings (SSSR count). The number of nitrogens with one attached hydrogen (secondary N) is 4. The zero-order chi connectivity index (χ0) is 25.1. The van der Waals surface area contributed by atoms with E-state index in [4.69, 9.17) is 9.47 Å². The van der Waals surface area contributed by atoms with E-state index in [0.717, 1.165) is 10.9 Å². The molecule has 0 saturated heterocycles. The Kier molecular flexibility index (Phi) is 10.1. The zero-order valence-electron chi connectivity index (χ0n) is 19.4. The van der Waals surface area contributed by atoms with Crippen LogP contribution >= 0.6 is 0 Å². The van der Waals surface area contributed by atoms with Gasteiger partial charge in [-0.3, -0.25) is 19.2 Å². The van der Waals surface area contributed by atoms with Gasteiger partial charge in [-0.2, -0.15) is 0 Å². The highest BCUT2D eigenvalue weighted by Crippen LogP contribution is 2.17. The number of para-hydroxylation sites is 1. The molecular formula is C23H30N4O7. The molecule has 0 bridgehead atoms. The van der Waals surface area contributed by atoms with E-state index in [1.54, 1.807) is 32.2 Å². The molecule has 2 atom stereocenters. The average molecular weight is 475 g/mol. The molecule has 0 radical (unpaired) electrons. The van der Waals surface area contributed by atoms with Gasteiger partial charge in [0, 0.05) is 23.5 Å². The fourth-order valence-corrected chi connectivity index (χ4v) is 3.16. The lowest BCUT2D eigenvalue weighted by atomic mass is 10.1. The molecule has 34 heavy (non-hydrogen) atoms. The van der Waals surface area contributed by atoms with Crippen molar-refractivity contribution in [1.82, 2.24) is 20.9 Å². The first kappa shape index (κ1) is 26.4. The maximum atomic E-state index is 12.5. The molecular weight excluding hydrogens is 444 g/mol. The second kappa shape index (κ2) is 13.0. The number of aromatic amines is 1. The van der Waals surface area contributed by atoms with Gasteiger partial charge in [0.15, 0.2) is 0 Å². The smallest absolute Gasteiger partial charge is 0.328 e. The minimum Gasteiger partial charge on any atom is -0.466 e. The van der Waals surface area contributed by atoms with Crippen molar-refractivity contribution in [3.63, 3.8) is 0 Å². The molecule has 0 fully saturated rings. The number of hydrogen-bond donors (Lipinski definition) is 4. The summed E-state index contributed by atoms with van der Waals surface area (Å²) in [5.41, 5.74) is 1.19. The number of fused-ring (bicyclic) bond motifs is 1. The molecule has 0 aliphatic heterocycles. The number of ether oxygens (including phenoxy) is 2. The molecule has 0 aliphatic rings. The van der Waals surface area contributed by atoms with Gasteiger partial charge in [-0.25, -0.2) is 4.79 Å². The number of carbonyl (C=O) groups is 5. The van der Waals surface area contributed by atoms with Gasteiger partial charge in [-0.1, -0.05) is 18.2 Å². The number of benzene rings is 1. The fraction of sp³-hybridized carbons (Fsp3) is 0.435. The first-order valence-electron chi connectivity index (χ1n) is 11.0. The lowest BCUT2D eigenvalue weighted by Crippen LogP contribution is -2.52. The summed E-state index contributed by atoms with van der Waals surface area (Å²) in [5, 5.41) is 8.18. The fourth-order valence-electron chi connectivity index (χ4n) is 3.16. The molecule has 4 N–H and O–H groups in total. The van der Waals surface area contributed by atoms with Crippen LogP contribution in [0.2, 0.25) is 0 Å². The Morgan fingerprint density at radius 3 is 2.41 bits per heavy atom. The van der Waals surface area contributed by atoms with Crippen LogP contribution in [0.1, 0.15) is 44.0 Å². The van der Waals surface area contributed by atoms with Crippen molar-refractivity contribution >= 4 is 40.6 Å². The highest BCUT2D eigenvalue weighted by atomic mass is 16.5. The van der Waals surface area contributed by atoms with Crippen molar-refractivity contribution < 1.29 is 33.4 Å². The number of amides is 3. The Morgan fingerprint density at radius 1 is 1.00 bits per heavy atom. The van der Waals surface area contributed by atoms with Gasteiger partial charge in [0.05, 0.1) is 25.3 Å². The Bertz CT molecular complexity index is 1030. The monoisotopic (exact) mass is 474 g/mol. The SMILES string of the molecule is CCOC(=O)CC[C@@H](NC(=O)[C@H](C)NC(=O)CNC(=O)c1c[nH]c2ccccc12)C(=O)OCC. The van der Waals surface area contributed by atoms with Crippen LogP contribution in [0.15, 0.2) is 30.5 Å². The van der Waals surface area contributed by atoms with Crippen LogP contribution in [0.5, 0.6) is 0 Å². The highest BCUT2D eigenvalue weighted by Gasteiger charge is 2.26. The maximum Gasteiger partial charge on any atom is 0.328 e. The maximum absolute atomic E-state index is 12.5. The van der Waals surface area contributed by atoms with Crippen molar-refractivity contribution in [3.05, 3.63) is 36.0 Å². The van der Waals surface area contributed by atoms with Gasteiger partial charge >= 0.3 is 11.9 Å². The lowest BCUT2D eigenvalue weighted by Gasteiger charge is -2.20. The molecule has 0 unspecified atom stereocenters. The molecule has 1 aromatic heterocycles. The minimum atomic E-state index is -1.07. The number of carbonyl (C=O) groups excluding carboxylic acids is 5. The summed E-state index contributed by atoms with van der Waals surface area (Å²) < 4.78 is 9.78. The summed E-state index contributed by atoms with van der Waals surface area (Å²) >= 11 is 0. The molecule has 0 saturated carbocycles. The van der Waals surface area contributed by atoms with Gasteiger partial charge < -0.3 is 30.4 Å². The summed E-state index contributed by atoms with van der Waals surface area (Å²) in [4.78, 5) is 63.9. The second-order valence-corrected chi connectivity index (χ2v) is 7.38. The lowest BCUT2D eigenvalue weighted by molar-refractivity contribution is -0.149. The van der Waals surface area contributed by atoms with Gasteiger partial charge in [0.2, 0.25) is 11.8 Å². The number of hydrogen-bond acceptors (Lipinski definition) is 7. The van der Waals surface area contributed by atoms with E-state index in [1.165, 1.54) is 6.92 Å². The predicted molar refractivity (Wildman–Crippen MR) is 123 cm³/mol. The summed E-state index contributed by atoms with van der Waals surface area (Å²) in [6.45, 7) is 4.68. The average Bonchev–Trinajstić information content (AvgIpc) is 3.24. The number of H-pyrrole nitrogens is 1. The highest BCUT2D eigenvalue weighted by molar-refractivity contribution is 6.07. The van der Waals surface area contributed by atoms with E-state index in [1.807, 2.05) is 12.1 Å². The third-order valence-electron chi connectivity index (χ3n) is 4.84. The van der Waals surface area contributed by atoms with Crippen LogP contribution in [0.4, 0.5) is 0 Å². The van der Waals surface area contributed by atoms with E-state index in [9.17, 15) is 24.0 Å². The molecule has 1 heterocycles. The Labute approximate surface area is 196 Å². The Morgan fingerprint density at radius 2 is 1.71 bits per heavy atom. The van der Waals surface area contributed by atoms with Gasteiger partial charge in [-0.05, 0) is 33.3 Å². The quantitative estimate of drug-likeness (QED) is 0.332. The van der Waals surface area contributed by atoms with E-state index in [2.05, 4.69) is 20.9 Å². The van der Waals surface area contributed by atoms with Crippen molar-refractivity contribution in [3.8, 4) is 0 Å². The third-order valence-corrected chi connectivity index (χ3v) is 4.84. The molecule has 11 nitrogen and oxygen atoms in total. The van der Waals surface area contributed by atoms with Crippen LogP contribution < -0.4 is 16.0 Å². The van der Waals surface area contributed by atoms with E-state index in [-0.39, 0.29) is 32.6 Å².